The number of hydrogen-bond acceptors (Lipinski definition) is 4. The second-order valence-electron chi connectivity index (χ2n) is 9.09. The van der Waals surface area contributed by atoms with Crippen LogP contribution in [0.25, 0.3) is 11.3 Å². The highest BCUT2D eigenvalue weighted by Gasteiger charge is 2.21. The Labute approximate surface area is 212 Å². The zero-order chi connectivity index (χ0) is 27.1. The zero-order valence-corrected chi connectivity index (χ0v) is 23.6. The summed E-state index contributed by atoms with van der Waals surface area (Å²) in [6, 6.07) is 10.3. The van der Waals surface area contributed by atoms with Gasteiger partial charge in [-0.1, -0.05) is 71.0 Å². The summed E-state index contributed by atoms with van der Waals surface area (Å²) in [4.78, 5) is 5.16. The van der Waals surface area contributed by atoms with E-state index in [4.69, 9.17) is 14.7 Å². The lowest BCUT2D eigenvalue weighted by Crippen LogP contribution is -2.35. The van der Waals surface area contributed by atoms with Gasteiger partial charge < -0.3 is 9.57 Å². The molecule has 1 aromatic heterocycles. The van der Waals surface area contributed by atoms with Gasteiger partial charge in [-0.05, 0) is 56.9 Å². The maximum absolute atomic E-state index is 9.50. The summed E-state index contributed by atoms with van der Waals surface area (Å²) < 4.78 is 17.6. The summed E-state index contributed by atoms with van der Waals surface area (Å²) in [5, 5.41) is 4.77. The van der Waals surface area contributed by atoms with Crippen molar-refractivity contribution in [2.45, 2.75) is 74.4 Å². The first-order chi connectivity index (χ1) is 16.6. The third-order valence-corrected chi connectivity index (χ3v) is 4.69. The quantitative estimate of drug-likeness (QED) is 0.221. The van der Waals surface area contributed by atoms with Crippen molar-refractivity contribution in [3.05, 3.63) is 72.0 Å². The smallest absolute Gasteiger partial charge is 0.218 e. The number of hydroxylamine groups is 1. The lowest BCUT2D eigenvalue weighted by atomic mass is 9.93. The van der Waals surface area contributed by atoms with E-state index < -0.39 is 0 Å². The summed E-state index contributed by atoms with van der Waals surface area (Å²) in [5.41, 5.74) is 5.86. The molecule has 0 fully saturated rings. The topological polar surface area (TPSA) is 48.3 Å². The molecule has 0 saturated heterocycles. The van der Waals surface area contributed by atoms with E-state index in [1.807, 2.05) is 61.9 Å². The number of benzene rings is 1. The molecule has 2 aromatic rings. The van der Waals surface area contributed by atoms with Gasteiger partial charge in [0.05, 0.1) is 25.5 Å². The van der Waals surface area contributed by atoms with Gasteiger partial charge >= 0.3 is 0 Å². The van der Waals surface area contributed by atoms with E-state index in [1.165, 1.54) is 0 Å². The van der Waals surface area contributed by atoms with Crippen LogP contribution in [-0.4, -0.2) is 24.1 Å². The second-order valence-corrected chi connectivity index (χ2v) is 9.09. The van der Waals surface area contributed by atoms with Gasteiger partial charge in [-0.2, -0.15) is 10.6 Å². The number of alkyl halides is 1. The van der Waals surface area contributed by atoms with E-state index in [9.17, 15) is 4.39 Å². The normalized spacial score (nSPS) is 12.3. The van der Waals surface area contributed by atoms with Gasteiger partial charge in [0.1, 0.15) is 5.76 Å². The standard InChI is InChI=1S/C26H37N3O2.C2H6.CH3F/c1-9-13-22(16-12-17-25(3,4)5)31-24-19-23(27-29(24)10-2)20-14-11-15-21(18-20)26(6,7)28-30-8;2*1-2/h9,11-19,28H,10H2,1-8H3;1-2H3;1H3/b13-9-,17-12+,22-16+;;. The predicted molar refractivity (Wildman–Crippen MR) is 147 cm³/mol. The van der Waals surface area contributed by atoms with Gasteiger partial charge in [0.15, 0.2) is 0 Å². The van der Waals surface area contributed by atoms with Crippen LogP contribution < -0.4 is 10.2 Å². The van der Waals surface area contributed by atoms with Crippen molar-refractivity contribution in [1.82, 2.24) is 15.3 Å². The minimum Gasteiger partial charge on any atom is -0.439 e. The highest BCUT2D eigenvalue weighted by Crippen LogP contribution is 2.29. The lowest BCUT2D eigenvalue weighted by Gasteiger charge is -2.25. The van der Waals surface area contributed by atoms with E-state index >= 15 is 0 Å². The van der Waals surface area contributed by atoms with Crippen LogP contribution in [0.2, 0.25) is 0 Å². The number of nitrogens with zero attached hydrogens (tertiary/aromatic N) is 2. The maximum Gasteiger partial charge on any atom is 0.218 e. The number of nitrogens with one attached hydrogen (secondary N) is 1. The van der Waals surface area contributed by atoms with Gasteiger partial charge in [-0.25, -0.2) is 4.68 Å². The Hall–Kier alpha value is -2.70. The van der Waals surface area contributed by atoms with Crippen LogP contribution >= 0.6 is 0 Å². The number of allylic oxidation sites excluding steroid dienone is 5. The molecule has 1 N–H and O–H groups in total. The van der Waals surface area contributed by atoms with E-state index in [1.54, 1.807) is 7.11 Å². The van der Waals surface area contributed by atoms with Gasteiger partial charge in [-0.15, -0.1) is 0 Å². The van der Waals surface area contributed by atoms with Crippen molar-refractivity contribution in [3.8, 4) is 17.1 Å². The van der Waals surface area contributed by atoms with Crippen molar-refractivity contribution in [1.29, 1.82) is 0 Å². The Bertz CT molecular complexity index is 951. The Balaban J connectivity index is 0.00000274. The van der Waals surface area contributed by atoms with E-state index in [2.05, 4.69) is 71.3 Å². The summed E-state index contributed by atoms with van der Waals surface area (Å²) in [5.74, 6) is 1.48. The Morgan fingerprint density at radius 3 is 2.31 bits per heavy atom. The summed E-state index contributed by atoms with van der Waals surface area (Å²) in [6.07, 6.45) is 10.1. The zero-order valence-electron chi connectivity index (χ0n) is 23.6. The number of aromatic nitrogens is 2. The molecule has 0 atom stereocenters. The van der Waals surface area contributed by atoms with E-state index in [0.717, 1.165) is 22.6 Å². The first kappa shape index (κ1) is 32.3. The Morgan fingerprint density at radius 2 is 1.77 bits per heavy atom. The van der Waals surface area contributed by atoms with Crippen LogP contribution in [0.5, 0.6) is 5.88 Å². The minimum atomic E-state index is -0.321. The van der Waals surface area contributed by atoms with Crippen molar-refractivity contribution in [2.75, 3.05) is 14.3 Å². The number of ether oxygens (including phenoxy) is 1. The average Bonchev–Trinajstić information content (AvgIpc) is 3.24. The first-order valence-electron chi connectivity index (χ1n) is 12.2. The molecule has 0 bridgehead atoms. The maximum atomic E-state index is 9.50. The fourth-order valence-electron chi connectivity index (χ4n) is 3.07. The number of rotatable bonds is 9. The molecule has 1 heterocycles. The third kappa shape index (κ3) is 11.1. The van der Waals surface area contributed by atoms with Gasteiger partial charge in [0.2, 0.25) is 5.88 Å². The highest BCUT2D eigenvalue weighted by molar-refractivity contribution is 5.61. The largest absolute Gasteiger partial charge is 0.439 e. The van der Waals surface area contributed by atoms with Gasteiger partial charge in [0, 0.05) is 18.2 Å². The molecule has 0 aliphatic carbocycles. The molecule has 2 rings (SSSR count). The first-order valence-corrected chi connectivity index (χ1v) is 12.2. The van der Waals surface area contributed by atoms with Crippen molar-refractivity contribution in [2.24, 2.45) is 5.41 Å². The molecule has 0 aliphatic heterocycles. The van der Waals surface area contributed by atoms with Crippen molar-refractivity contribution >= 4 is 0 Å². The SMILES string of the molecule is CC.CF.C\C=C/C(=C\C=C\C(C)(C)C)Oc1cc(-c2cccc(C(C)(C)NOC)c2)nn1CC. The lowest BCUT2D eigenvalue weighted by molar-refractivity contribution is 0.0257. The molecule has 6 heteroatoms. The molecule has 5 nitrogen and oxygen atoms in total. The second kappa shape index (κ2) is 16.1. The molecule has 0 amide bonds. The van der Waals surface area contributed by atoms with E-state index in [0.29, 0.717) is 19.6 Å². The number of halogens is 1. The highest BCUT2D eigenvalue weighted by atomic mass is 19.1. The predicted octanol–water partition coefficient (Wildman–Crippen LogP) is 8.01. The number of hydrogen-bond donors (Lipinski definition) is 1. The Morgan fingerprint density at radius 1 is 1.11 bits per heavy atom. The third-order valence-electron chi connectivity index (χ3n) is 4.69. The molecule has 0 saturated carbocycles. The summed E-state index contributed by atoms with van der Waals surface area (Å²) >= 11 is 0. The monoisotopic (exact) mass is 487 g/mol. The number of aryl methyl sites for hydroxylation is 1. The fourth-order valence-corrected chi connectivity index (χ4v) is 3.07. The van der Waals surface area contributed by atoms with Crippen LogP contribution in [-0.2, 0) is 16.9 Å². The molecule has 0 unspecified atom stereocenters. The van der Waals surface area contributed by atoms with Crippen LogP contribution in [0.4, 0.5) is 4.39 Å². The summed E-state index contributed by atoms with van der Waals surface area (Å²) in [6.45, 7) is 19.4. The van der Waals surface area contributed by atoms with Crippen LogP contribution in [0.1, 0.15) is 67.9 Å². The van der Waals surface area contributed by atoms with Gasteiger partial charge in [-0.3, -0.25) is 4.39 Å². The fraction of sp³-hybridized carbons (Fsp3) is 0.483. The molecule has 0 aliphatic rings. The molecule has 0 radical (unpaired) electrons. The Kier molecular flexibility index (Phi) is 14.8. The molecule has 35 heavy (non-hydrogen) atoms. The minimum absolute atomic E-state index is 0.117. The van der Waals surface area contributed by atoms with Crippen LogP contribution in [0.15, 0.2) is 66.5 Å². The van der Waals surface area contributed by atoms with Crippen molar-refractivity contribution < 1.29 is 14.0 Å². The van der Waals surface area contributed by atoms with Crippen LogP contribution in [0.3, 0.4) is 0 Å². The van der Waals surface area contributed by atoms with Crippen molar-refractivity contribution in [3.63, 3.8) is 0 Å². The molecule has 196 valence electrons. The molecule has 0 spiro atoms. The van der Waals surface area contributed by atoms with Gasteiger partial charge in [0.25, 0.3) is 0 Å². The molecule has 1 aromatic carbocycles. The average molecular weight is 488 g/mol. The molecular weight excluding hydrogens is 441 g/mol. The van der Waals surface area contributed by atoms with E-state index in [-0.39, 0.29) is 11.0 Å². The van der Waals surface area contributed by atoms with Crippen LogP contribution in [0, 0.1) is 5.41 Å². The summed E-state index contributed by atoms with van der Waals surface area (Å²) in [7, 11) is 2.13. The molecular formula is C29H46FN3O2.